The summed E-state index contributed by atoms with van der Waals surface area (Å²) in [7, 11) is 0. The molecule has 0 aromatic heterocycles. The molecule has 0 spiro atoms. The van der Waals surface area contributed by atoms with Gasteiger partial charge in [0.1, 0.15) is 0 Å². The number of carbonyl (C=O) groups is 1. The second-order valence-electron chi connectivity index (χ2n) is 6.89. The normalized spacial score (nSPS) is 49.5. The minimum absolute atomic E-state index is 0.322. The van der Waals surface area contributed by atoms with Gasteiger partial charge >= 0.3 is 5.97 Å². The van der Waals surface area contributed by atoms with Gasteiger partial charge in [-0.05, 0) is 55.8 Å². The van der Waals surface area contributed by atoms with Gasteiger partial charge in [-0.15, -0.1) is 0 Å². The smallest absolute Gasteiger partial charge is 0.310 e. The number of carboxylic acids is 1. The van der Waals surface area contributed by atoms with Crippen LogP contribution in [-0.4, -0.2) is 11.1 Å². The number of aliphatic carboxylic acids is 1. The molecule has 0 aliphatic heterocycles. The Hall–Kier alpha value is -0.530. The zero-order valence-corrected chi connectivity index (χ0v) is 10.8. The topological polar surface area (TPSA) is 37.3 Å². The maximum Gasteiger partial charge on any atom is 0.310 e. The van der Waals surface area contributed by atoms with Gasteiger partial charge in [-0.25, -0.2) is 0 Å². The Balaban J connectivity index is 1.87. The molecule has 3 aliphatic carbocycles. The second-order valence-corrected chi connectivity index (χ2v) is 6.89. The number of rotatable bonds is 2. The number of fused-ring (bicyclic) bond motifs is 2. The molecular weight excluding hydrogens is 212 g/mol. The molecule has 2 heteroatoms. The zero-order chi connectivity index (χ0) is 12.0. The van der Waals surface area contributed by atoms with Crippen LogP contribution in [0.2, 0.25) is 0 Å². The molecule has 2 nitrogen and oxygen atoms in total. The Morgan fingerprint density at radius 3 is 2.41 bits per heavy atom. The number of hydrogen-bond acceptors (Lipinski definition) is 1. The molecule has 0 amide bonds. The molecule has 0 aromatic carbocycles. The van der Waals surface area contributed by atoms with Gasteiger partial charge in [0.25, 0.3) is 0 Å². The molecule has 0 heterocycles. The molecule has 3 rings (SSSR count). The van der Waals surface area contributed by atoms with Crippen LogP contribution < -0.4 is 0 Å². The van der Waals surface area contributed by atoms with Crippen molar-refractivity contribution in [3.05, 3.63) is 0 Å². The van der Waals surface area contributed by atoms with Crippen LogP contribution in [0.3, 0.4) is 0 Å². The van der Waals surface area contributed by atoms with E-state index >= 15 is 0 Å². The molecule has 3 aliphatic rings. The first-order valence-electron chi connectivity index (χ1n) is 7.36. The first kappa shape index (κ1) is 11.6. The standard InChI is InChI=1S/C15H24O2/c1-10-3-2-4-12(7-10)15(14(16)17)9-11-5-6-13(15)8-11/h10-13H,2-9H2,1H3,(H,16,17). The monoisotopic (exact) mass is 236 g/mol. The van der Waals surface area contributed by atoms with Crippen molar-refractivity contribution in [2.75, 3.05) is 0 Å². The summed E-state index contributed by atoms with van der Waals surface area (Å²) in [6, 6.07) is 0. The van der Waals surface area contributed by atoms with Gasteiger partial charge in [0.05, 0.1) is 5.41 Å². The van der Waals surface area contributed by atoms with Gasteiger partial charge < -0.3 is 5.11 Å². The summed E-state index contributed by atoms with van der Waals surface area (Å²) in [6.45, 7) is 2.30. The molecule has 5 unspecified atom stereocenters. The van der Waals surface area contributed by atoms with E-state index in [0.717, 1.165) is 24.7 Å². The van der Waals surface area contributed by atoms with Crippen molar-refractivity contribution < 1.29 is 9.90 Å². The Labute approximate surface area is 104 Å². The van der Waals surface area contributed by atoms with Crippen molar-refractivity contribution in [2.24, 2.45) is 29.1 Å². The summed E-state index contributed by atoms with van der Waals surface area (Å²) in [4.78, 5) is 11.9. The molecule has 0 radical (unpaired) electrons. The Morgan fingerprint density at radius 2 is 1.88 bits per heavy atom. The van der Waals surface area contributed by atoms with E-state index in [-0.39, 0.29) is 5.41 Å². The van der Waals surface area contributed by atoms with E-state index in [9.17, 15) is 9.90 Å². The van der Waals surface area contributed by atoms with Crippen LogP contribution in [0.25, 0.3) is 0 Å². The van der Waals surface area contributed by atoms with Crippen molar-refractivity contribution in [3.8, 4) is 0 Å². The van der Waals surface area contributed by atoms with Gasteiger partial charge in [0.15, 0.2) is 0 Å². The van der Waals surface area contributed by atoms with Crippen molar-refractivity contribution in [3.63, 3.8) is 0 Å². The summed E-state index contributed by atoms with van der Waals surface area (Å²) in [5.41, 5.74) is -0.322. The lowest BCUT2D eigenvalue weighted by Crippen LogP contribution is -2.44. The molecule has 17 heavy (non-hydrogen) atoms. The summed E-state index contributed by atoms with van der Waals surface area (Å²) in [5, 5.41) is 9.82. The molecule has 3 saturated carbocycles. The lowest BCUT2D eigenvalue weighted by atomic mass is 9.59. The summed E-state index contributed by atoms with van der Waals surface area (Å²) in [6.07, 6.45) is 9.55. The van der Waals surface area contributed by atoms with E-state index in [1.165, 1.54) is 38.5 Å². The van der Waals surface area contributed by atoms with E-state index in [1.54, 1.807) is 0 Å². The van der Waals surface area contributed by atoms with Crippen LogP contribution in [-0.2, 0) is 4.79 Å². The van der Waals surface area contributed by atoms with Crippen LogP contribution in [0, 0.1) is 29.1 Å². The fraction of sp³-hybridized carbons (Fsp3) is 0.933. The molecule has 2 bridgehead atoms. The molecule has 0 aromatic rings. The summed E-state index contributed by atoms with van der Waals surface area (Å²) >= 11 is 0. The molecule has 1 N–H and O–H groups in total. The fourth-order valence-corrected chi connectivity index (χ4v) is 5.21. The van der Waals surface area contributed by atoms with E-state index in [1.807, 2.05) is 0 Å². The second kappa shape index (κ2) is 4.00. The largest absolute Gasteiger partial charge is 0.481 e. The van der Waals surface area contributed by atoms with E-state index in [2.05, 4.69) is 6.92 Å². The van der Waals surface area contributed by atoms with E-state index in [0.29, 0.717) is 11.8 Å². The summed E-state index contributed by atoms with van der Waals surface area (Å²) in [5.74, 6) is 1.97. The van der Waals surface area contributed by atoms with Crippen LogP contribution in [0.4, 0.5) is 0 Å². The average molecular weight is 236 g/mol. The zero-order valence-electron chi connectivity index (χ0n) is 10.8. The van der Waals surface area contributed by atoms with E-state index in [4.69, 9.17) is 0 Å². The highest BCUT2D eigenvalue weighted by atomic mass is 16.4. The quantitative estimate of drug-likeness (QED) is 0.793. The Kier molecular flexibility index (Phi) is 2.72. The van der Waals surface area contributed by atoms with Crippen molar-refractivity contribution in [2.45, 2.75) is 58.3 Å². The molecule has 5 atom stereocenters. The maximum absolute atomic E-state index is 11.9. The molecule has 3 fully saturated rings. The van der Waals surface area contributed by atoms with Gasteiger partial charge in [-0.1, -0.05) is 26.2 Å². The third kappa shape index (κ3) is 1.63. The van der Waals surface area contributed by atoms with Gasteiger partial charge in [0, 0.05) is 0 Å². The lowest BCUT2D eigenvalue weighted by molar-refractivity contribution is -0.159. The summed E-state index contributed by atoms with van der Waals surface area (Å²) < 4.78 is 0. The maximum atomic E-state index is 11.9. The van der Waals surface area contributed by atoms with E-state index < -0.39 is 5.97 Å². The number of carboxylic acid groups (broad SMARTS) is 1. The van der Waals surface area contributed by atoms with Crippen LogP contribution >= 0.6 is 0 Å². The van der Waals surface area contributed by atoms with Crippen LogP contribution in [0.15, 0.2) is 0 Å². The van der Waals surface area contributed by atoms with Crippen LogP contribution in [0.1, 0.15) is 58.3 Å². The lowest BCUT2D eigenvalue weighted by Gasteiger charge is -2.43. The third-order valence-corrected chi connectivity index (χ3v) is 5.96. The fourth-order valence-electron chi connectivity index (χ4n) is 5.21. The van der Waals surface area contributed by atoms with Gasteiger partial charge in [-0.3, -0.25) is 4.79 Å². The highest BCUT2D eigenvalue weighted by molar-refractivity contribution is 5.76. The Morgan fingerprint density at radius 1 is 1.12 bits per heavy atom. The predicted octanol–water partition coefficient (Wildman–Crippen LogP) is 3.70. The molecular formula is C15H24O2. The van der Waals surface area contributed by atoms with Crippen molar-refractivity contribution in [1.29, 1.82) is 0 Å². The predicted molar refractivity (Wildman–Crippen MR) is 66.6 cm³/mol. The first-order chi connectivity index (χ1) is 8.13. The Bertz CT molecular complexity index is 325. The molecule has 96 valence electrons. The highest BCUT2D eigenvalue weighted by Gasteiger charge is 2.59. The average Bonchev–Trinajstić information content (AvgIpc) is 2.89. The minimum Gasteiger partial charge on any atom is -0.481 e. The third-order valence-electron chi connectivity index (χ3n) is 5.96. The highest BCUT2D eigenvalue weighted by Crippen LogP contribution is 2.62. The van der Waals surface area contributed by atoms with Gasteiger partial charge in [0.2, 0.25) is 0 Å². The SMILES string of the molecule is CC1CCCC(C2(C(=O)O)CC3CCC2C3)C1. The molecule has 0 saturated heterocycles. The number of hydrogen-bond donors (Lipinski definition) is 1. The minimum atomic E-state index is -0.469. The van der Waals surface area contributed by atoms with Crippen LogP contribution in [0.5, 0.6) is 0 Å². The van der Waals surface area contributed by atoms with Crippen molar-refractivity contribution in [1.82, 2.24) is 0 Å². The van der Waals surface area contributed by atoms with Gasteiger partial charge in [-0.2, -0.15) is 0 Å². The first-order valence-corrected chi connectivity index (χ1v) is 7.36. The van der Waals surface area contributed by atoms with Crippen molar-refractivity contribution >= 4 is 5.97 Å².